The number of fused-ring (bicyclic) bond motifs is 1. The fourth-order valence-electron chi connectivity index (χ4n) is 4.70. The van der Waals surface area contributed by atoms with Crippen molar-refractivity contribution in [1.29, 1.82) is 0 Å². The lowest BCUT2D eigenvalue weighted by molar-refractivity contribution is 0.140. The summed E-state index contributed by atoms with van der Waals surface area (Å²) in [4.78, 5) is 32.3. The van der Waals surface area contributed by atoms with E-state index in [1.165, 1.54) is 6.33 Å². The molecule has 0 fully saturated rings. The Morgan fingerprint density at radius 1 is 1.05 bits per heavy atom. The number of hydrogen-bond acceptors (Lipinski definition) is 7. The Morgan fingerprint density at radius 2 is 1.79 bits per heavy atom. The number of aromatic amines is 1. The highest BCUT2D eigenvalue weighted by Gasteiger charge is 2.24. The lowest BCUT2D eigenvalue weighted by atomic mass is 9.94. The first-order chi connectivity index (χ1) is 18.3. The Balaban J connectivity index is 1.54. The van der Waals surface area contributed by atoms with Gasteiger partial charge in [-0.1, -0.05) is 80.9 Å². The van der Waals surface area contributed by atoms with Crippen molar-refractivity contribution in [3.05, 3.63) is 92.6 Å². The molecule has 0 saturated carbocycles. The third kappa shape index (κ3) is 4.82. The van der Waals surface area contributed by atoms with Gasteiger partial charge in [-0.25, -0.2) is 9.31 Å². The van der Waals surface area contributed by atoms with E-state index in [1.54, 1.807) is 9.08 Å². The van der Waals surface area contributed by atoms with Crippen LogP contribution in [0.3, 0.4) is 0 Å². The zero-order valence-corrected chi connectivity index (χ0v) is 21.6. The van der Waals surface area contributed by atoms with Gasteiger partial charge in [0, 0.05) is 36.1 Å². The van der Waals surface area contributed by atoms with Crippen LogP contribution in [0.4, 0.5) is 0 Å². The maximum absolute atomic E-state index is 13.8. The molecule has 3 heterocycles. The van der Waals surface area contributed by atoms with Gasteiger partial charge in [0.15, 0.2) is 5.82 Å². The van der Waals surface area contributed by atoms with Crippen molar-refractivity contribution in [2.75, 3.05) is 6.61 Å². The van der Waals surface area contributed by atoms with Crippen LogP contribution >= 0.6 is 0 Å². The molecule has 0 aliphatic heterocycles. The maximum atomic E-state index is 13.8. The number of nitrogens with one attached hydrogen (secondary N) is 1. The van der Waals surface area contributed by atoms with Crippen molar-refractivity contribution in [3.63, 3.8) is 0 Å². The van der Waals surface area contributed by atoms with E-state index in [0.717, 1.165) is 34.4 Å². The predicted octanol–water partition coefficient (Wildman–Crippen LogP) is 3.46. The fourth-order valence-corrected chi connectivity index (χ4v) is 4.70. The van der Waals surface area contributed by atoms with E-state index >= 15 is 0 Å². The second-order valence-electron chi connectivity index (χ2n) is 10.2. The first-order valence-electron chi connectivity index (χ1n) is 12.6. The lowest BCUT2D eigenvalue weighted by Gasteiger charge is -2.24. The first-order valence-corrected chi connectivity index (χ1v) is 12.6. The third-order valence-electron chi connectivity index (χ3n) is 6.65. The van der Waals surface area contributed by atoms with Crippen molar-refractivity contribution in [2.45, 2.75) is 46.6 Å². The van der Waals surface area contributed by atoms with E-state index < -0.39 is 11.2 Å². The van der Waals surface area contributed by atoms with E-state index in [4.69, 9.17) is 4.52 Å². The molecule has 0 amide bonds. The fraction of sp³-hybridized carbons (Fsp3) is 0.321. The average molecular weight is 515 g/mol. The number of benzene rings is 2. The number of rotatable bonds is 9. The molecule has 196 valence electrons. The summed E-state index contributed by atoms with van der Waals surface area (Å²) in [6.45, 7) is 6.16. The van der Waals surface area contributed by atoms with Gasteiger partial charge in [0.1, 0.15) is 6.33 Å². The molecule has 0 aliphatic rings. The zero-order chi connectivity index (χ0) is 26.9. The second-order valence-corrected chi connectivity index (χ2v) is 10.2. The summed E-state index contributed by atoms with van der Waals surface area (Å²) in [5.74, 6) is 0.248. The SMILES string of the molecule is CCCc1c(Cc2ccc(-c3ccccc3-c3noc(=O)[nH]3)cc2)c(=O)n(CC(C)(C)CO)c2ncnn12. The smallest absolute Gasteiger partial charge is 0.396 e. The number of hydrogen-bond donors (Lipinski definition) is 2. The van der Waals surface area contributed by atoms with Crippen molar-refractivity contribution < 1.29 is 9.63 Å². The maximum Gasteiger partial charge on any atom is 0.439 e. The van der Waals surface area contributed by atoms with Crippen LogP contribution in [0, 0.1) is 5.41 Å². The number of H-pyrrole nitrogens is 1. The second kappa shape index (κ2) is 10.2. The summed E-state index contributed by atoms with van der Waals surface area (Å²) >= 11 is 0. The van der Waals surface area contributed by atoms with Gasteiger partial charge in [-0.2, -0.15) is 10.1 Å². The van der Waals surface area contributed by atoms with Gasteiger partial charge in [0.2, 0.25) is 5.78 Å². The minimum Gasteiger partial charge on any atom is -0.396 e. The topological polar surface area (TPSA) is 131 Å². The molecular formula is C28H30N6O4. The van der Waals surface area contributed by atoms with Crippen LogP contribution in [-0.2, 0) is 19.4 Å². The molecule has 5 rings (SSSR count). The highest BCUT2D eigenvalue weighted by atomic mass is 16.5. The zero-order valence-electron chi connectivity index (χ0n) is 21.6. The van der Waals surface area contributed by atoms with E-state index in [-0.39, 0.29) is 12.2 Å². The van der Waals surface area contributed by atoms with E-state index in [1.807, 2.05) is 62.4 Å². The summed E-state index contributed by atoms with van der Waals surface area (Å²) in [5.41, 5.74) is 4.48. The van der Waals surface area contributed by atoms with Gasteiger partial charge in [0.25, 0.3) is 5.56 Å². The van der Waals surface area contributed by atoms with Gasteiger partial charge in [-0.3, -0.25) is 18.9 Å². The molecule has 10 heteroatoms. The Kier molecular flexibility index (Phi) is 6.81. The molecule has 0 unspecified atom stereocenters. The molecule has 38 heavy (non-hydrogen) atoms. The van der Waals surface area contributed by atoms with Crippen LogP contribution in [0.15, 0.2) is 69.0 Å². The van der Waals surface area contributed by atoms with Crippen LogP contribution in [0.1, 0.15) is 44.0 Å². The number of aliphatic hydroxyl groups is 1. The number of aryl methyl sites for hydroxylation is 1. The summed E-state index contributed by atoms with van der Waals surface area (Å²) in [5, 5.41) is 18.1. The molecule has 2 N–H and O–H groups in total. The molecule has 0 aliphatic carbocycles. The molecular weight excluding hydrogens is 484 g/mol. The highest BCUT2D eigenvalue weighted by molar-refractivity contribution is 5.80. The minimum absolute atomic E-state index is 0.0586. The van der Waals surface area contributed by atoms with E-state index in [0.29, 0.717) is 36.6 Å². The molecule has 0 spiro atoms. The molecule has 0 atom stereocenters. The van der Waals surface area contributed by atoms with Crippen LogP contribution in [-0.4, -0.2) is 41.0 Å². The molecule has 0 radical (unpaired) electrons. The van der Waals surface area contributed by atoms with Crippen molar-refractivity contribution in [3.8, 4) is 22.5 Å². The molecule has 10 nitrogen and oxygen atoms in total. The molecule has 5 aromatic rings. The molecule has 3 aromatic heterocycles. The van der Waals surface area contributed by atoms with Crippen LogP contribution in [0.2, 0.25) is 0 Å². The predicted molar refractivity (Wildman–Crippen MR) is 143 cm³/mol. The van der Waals surface area contributed by atoms with Gasteiger partial charge in [-0.15, -0.1) is 0 Å². The number of nitrogens with zero attached hydrogens (tertiary/aromatic N) is 5. The normalized spacial score (nSPS) is 11.9. The third-order valence-corrected chi connectivity index (χ3v) is 6.65. The van der Waals surface area contributed by atoms with Gasteiger partial charge in [0.05, 0.1) is 5.69 Å². The lowest BCUT2D eigenvalue weighted by Crippen LogP contribution is -2.35. The van der Waals surface area contributed by atoms with Gasteiger partial charge in [-0.05, 0) is 23.1 Å². The average Bonchev–Trinajstić information content (AvgIpc) is 3.58. The van der Waals surface area contributed by atoms with Gasteiger partial charge < -0.3 is 5.11 Å². The van der Waals surface area contributed by atoms with E-state index in [2.05, 4.69) is 27.1 Å². The van der Waals surface area contributed by atoms with Crippen LogP contribution in [0.5, 0.6) is 0 Å². The van der Waals surface area contributed by atoms with Crippen molar-refractivity contribution in [1.82, 2.24) is 29.3 Å². The Labute approximate surface area is 218 Å². The Hall–Kier alpha value is -4.31. The largest absolute Gasteiger partial charge is 0.439 e. The van der Waals surface area contributed by atoms with E-state index in [9.17, 15) is 14.7 Å². The summed E-state index contributed by atoms with van der Waals surface area (Å²) in [6.07, 6.45) is 3.44. The highest BCUT2D eigenvalue weighted by Crippen LogP contribution is 2.30. The summed E-state index contributed by atoms with van der Waals surface area (Å²) in [7, 11) is 0. The summed E-state index contributed by atoms with van der Waals surface area (Å²) < 4.78 is 8.08. The molecule has 2 aromatic carbocycles. The monoisotopic (exact) mass is 514 g/mol. The Bertz CT molecular complexity index is 1690. The molecule has 0 saturated heterocycles. The first kappa shape index (κ1) is 25.3. The molecule has 0 bridgehead atoms. The van der Waals surface area contributed by atoms with Crippen molar-refractivity contribution >= 4 is 5.78 Å². The van der Waals surface area contributed by atoms with Crippen LogP contribution < -0.4 is 11.3 Å². The quantitative estimate of drug-likeness (QED) is 0.308. The summed E-state index contributed by atoms with van der Waals surface area (Å²) in [6, 6.07) is 15.6. The van der Waals surface area contributed by atoms with Crippen LogP contribution in [0.25, 0.3) is 28.3 Å². The standard InChI is InChI=1S/C28H30N6O4/c1-4-7-23-22(25(36)33(15-28(2,3)16-35)26-29-17-30-34(23)26)14-18-10-12-19(13-11-18)20-8-5-6-9-21(20)24-31-27(37)38-32-24/h5-6,8-13,17,35H,4,7,14-16H2,1-3H3,(H,31,32,37). The number of aliphatic hydroxyl groups excluding tert-OH is 1. The van der Waals surface area contributed by atoms with Crippen molar-refractivity contribution in [2.24, 2.45) is 5.41 Å². The van der Waals surface area contributed by atoms with Gasteiger partial charge >= 0.3 is 5.76 Å². The minimum atomic E-state index is -0.606. The Morgan fingerprint density at radius 3 is 2.45 bits per heavy atom. The number of aromatic nitrogens is 6.